The quantitative estimate of drug-likeness (QED) is 0.393. The van der Waals surface area contributed by atoms with E-state index < -0.39 is 11.9 Å². The number of nitrogens with zero attached hydrogens (tertiary/aromatic N) is 3. The van der Waals surface area contributed by atoms with Gasteiger partial charge in [-0.05, 0) is 36.8 Å². The number of terminal acetylenes is 1. The predicted octanol–water partition coefficient (Wildman–Crippen LogP) is 3.27. The number of hydrazone groups is 1. The van der Waals surface area contributed by atoms with Crippen molar-refractivity contribution >= 4 is 57.0 Å². The number of methoxy groups -OCH3 is 1. The number of alkyl halides is 1. The van der Waals surface area contributed by atoms with E-state index in [9.17, 15) is 9.18 Å². The SMILES string of the molecule is C#CCBr.COC(=S)CC[C@H]1CN(c2ccc(N3C=NNCC3)c(F)c2)C(=O)O1. The topological polar surface area (TPSA) is 66.4 Å². The van der Waals surface area contributed by atoms with E-state index in [4.69, 9.17) is 28.1 Å². The molecule has 2 aliphatic rings. The van der Waals surface area contributed by atoms with E-state index in [1.165, 1.54) is 18.1 Å². The summed E-state index contributed by atoms with van der Waals surface area (Å²) in [7, 11) is 1.52. The molecule has 2 aliphatic heterocycles. The van der Waals surface area contributed by atoms with Crippen LogP contribution in [0.3, 0.4) is 0 Å². The molecule has 1 atom stereocenters. The lowest BCUT2D eigenvalue weighted by Crippen LogP contribution is -2.35. The summed E-state index contributed by atoms with van der Waals surface area (Å²) in [5, 5.41) is 5.05. The van der Waals surface area contributed by atoms with E-state index in [1.54, 1.807) is 23.4 Å². The second kappa shape index (κ2) is 11.6. The van der Waals surface area contributed by atoms with Gasteiger partial charge in [0, 0.05) is 13.0 Å². The fraction of sp³-hybridized carbons (Fsp3) is 0.421. The lowest BCUT2D eigenvalue weighted by molar-refractivity contribution is 0.137. The van der Waals surface area contributed by atoms with Gasteiger partial charge in [0.25, 0.3) is 0 Å². The molecule has 1 fully saturated rings. The molecule has 0 radical (unpaired) electrons. The average Bonchev–Trinajstić information content (AvgIpc) is 3.13. The van der Waals surface area contributed by atoms with Gasteiger partial charge in [-0.25, -0.2) is 9.18 Å². The van der Waals surface area contributed by atoms with Crippen LogP contribution in [0.5, 0.6) is 0 Å². The molecule has 29 heavy (non-hydrogen) atoms. The van der Waals surface area contributed by atoms with Gasteiger partial charge in [-0.2, -0.15) is 5.10 Å². The number of carbonyl (C=O) groups is 1. The first-order valence-electron chi connectivity index (χ1n) is 8.86. The standard InChI is InChI=1S/C16H19FN4O3S.C3H3Br/c1-23-15(25)5-3-12-9-21(16(22)24-12)11-2-4-14(13(17)8-11)20-7-6-18-19-10-20;1-2-3-4/h2,4,8,10,12,18H,3,5-7,9H2,1H3;1H,3H2/t12-;/m0./s1. The molecule has 3 rings (SSSR count). The summed E-state index contributed by atoms with van der Waals surface area (Å²) in [5.41, 5.74) is 3.70. The summed E-state index contributed by atoms with van der Waals surface area (Å²) in [6.45, 7) is 1.62. The van der Waals surface area contributed by atoms with Crippen LogP contribution in [0.15, 0.2) is 23.3 Å². The van der Waals surface area contributed by atoms with Crippen LogP contribution in [-0.4, -0.2) is 55.7 Å². The minimum atomic E-state index is -0.482. The van der Waals surface area contributed by atoms with Gasteiger partial charge in [0.1, 0.15) is 18.3 Å². The number of thiocarbonyl (C=S) groups is 1. The van der Waals surface area contributed by atoms with Crippen molar-refractivity contribution in [3.05, 3.63) is 24.0 Å². The molecule has 1 N–H and O–H groups in total. The Bertz CT molecular complexity index is 802. The highest BCUT2D eigenvalue weighted by molar-refractivity contribution is 9.09. The number of cyclic esters (lactones) is 1. The molecule has 1 aromatic carbocycles. The second-order valence-electron chi connectivity index (χ2n) is 6.05. The summed E-state index contributed by atoms with van der Waals surface area (Å²) in [4.78, 5) is 15.2. The number of carbonyl (C=O) groups excluding carboxylic acids is 1. The molecule has 10 heteroatoms. The molecule has 2 heterocycles. The summed E-state index contributed by atoms with van der Waals surface area (Å²) < 4.78 is 24.7. The Morgan fingerprint density at radius 3 is 2.93 bits per heavy atom. The minimum absolute atomic E-state index is 0.288. The van der Waals surface area contributed by atoms with Gasteiger partial charge in [-0.15, -0.1) is 6.42 Å². The van der Waals surface area contributed by atoms with Gasteiger partial charge in [0.05, 0.1) is 36.9 Å². The first kappa shape index (κ1) is 22.9. The molecular weight excluding hydrogens is 463 g/mol. The van der Waals surface area contributed by atoms with Crippen molar-refractivity contribution in [2.75, 3.05) is 41.9 Å². The molecule has 0 bridgehead atoms. The zero-order chi connectivity index (χ0) is 21.2. The monoisotopic (exact) mass is 484 g/mol. The van der Waals surface area contributed by atoms with Crippen molar-refractivity contribution in [3.63, 3.8) is 0 Å². The third-order valence-corrected chi connectivity index (χ3v) is 4.85. The van der Waals surface area contributed by atoms with Crippen molar-refractivity contribution in [3.8, 4) is 12.3 Å². The summed E-state index contributed by atoms with van der Waals surface area (Å²) in [6, 6.07) is 4.69. The number of hydrogen-bond acceptors (Lipinski definition) is 7. The van der Waals surface area contributed by atoms with Crippen LogP contribution in [0.1, 0.15) is 12.8 Å². The normalized spacial score (nSPS) is 17.6. The zero-order valence-electron chi connectivity index (χ0n) is 15.9. The van der Waals surface area contributed by atoms with E-state index in [1.807, 2.05) is 0 Å². The van der Waals surface area contributed by atoms with Crippen molar-refractivity contribution < 1.29 is 18.7 Å². The van der Waals surface area contributed by atoms with E-state index >= 15 is 0 Å². The number of rotatable bonds is 5. The van der Waals surface area contributed by atoms with Gasteiger partial charge in [0.2, 0.25) is 0 Å². The minimum Gasteiger partial charge on any atom is -0.490 e. The van der Waals surface area contributed by atoms with Crippen LogP contribution >= 0.6 is 28.1 Å². The predicted molar refractivity (Wildman–Crippen MR) is 119 cm³/mol. The van der Waals surface area contributed by atoms with Crippen LogP contribution in [-0.2, 0) is 9.47 Å². The maximum absolute atomic E-state index is 14.5. The number of nitrogens with one attached hydrogen (secondary N) is 1. The van der Waals surface area contributed by atoms with E-state index in [0.29, 0.717) is 54.2 Å². The van der Waals surface area contributed by atoms with Crippen LogP contribution in [0, 0.1) is 18.2 Å². The average molecular weight is 485 g/mol. The Hall–Kier alpha value is -2.38. The fourth-order valence-corrected chi connectivity index (χ4v) is 2.86. The molecule has 0 saturated carbocycles. The van der Waals surface area contributed by atoms with E-state index in [-0.39, 0.29) is 6.10 Å². The van der Waals surface area contributed by atoms with Crippen LogP contribution in [0.25, 0.3) is 0 Å². The Morgan fingerprint density at radius 2 is 2.34 bits per heavy atom. The van der Waals surface area contributed by atoms with Crippen LogP contribution < -0.4 is 15.2 Å². The molecule has 0 unspecified atom stereocenters. The first-order chi connectivity index (χ1) is 14.0. The number of ether oxygens (including phenoxy) is 2. The van der Waals surface area contributed by atoms with Crippen molar-refractivity contribution in [1.82, 2.24) is 5.43 Å². The Balaban J connectivity index is 0.000000687. The van der Waals surface area contributed by atoms with Crippen molar-refractivity contribution in [2.24, 2.45) is 5.10 Å². The van der Waals surface area contributed by atoms with Gasteiger partial charge in [0.15, 0.2) is 5.05 Å². The van der Waals surface area contributed by atoms with Gasteiger partial charge in [-0.1, -0.05) is 21.9 Å². The maximum Gasteiger partial charge on any atom is 0.414 e. The van der Waals surface area contributed by atoms with Crippen molar-refractivity contribution in [1.29, 1.82) is 0 Å². The molecule has 1 amide bonds. The van der Waals surface area contributed by atoms with Gasteiger partial charge >= 0.3 is 6.09 Å². The summed E-state index contributed by atoms with van der Waals surface area (Å²) in [6.07, 6.45) is 6.61. The number of amides is 1. The highest BCUT2D eigenvalue weighted by atomic mass is 79.9. The molecule has 0 aromatic heterocycles. The number of anilines is 2. The van der Waals surface area contributed by atoms with Crippen LogP contribution in [0.2, 0.25) is 0 Å². The van der Waals surface area contributed by atoms with Gasteiger partial charge in [-0.3, -0.25) is 4.90 Å². The lowest BCUT2D eigenvalue weighted by Gasteiger charge is -2.24. The van der Waals surface area contributed by atoms with Crippen molar-refractivity contribution in [2.45, 2.75) is 18.9 Å². The smallest absolute Gasteiger partial charge is 0.414 e. The third-order valence-electron chi connectivity index (χ3n) is 4.15. The Kier molecular flexibility index (Phi) is 9.15. The molecular formula is C19H22BrFN4O3S. The van der Waals surface area contributed by atoms with E-state index in [2.05, 4.69) is 32.4 Å². The number of halogens is 2. The molecule has 0 spiro atoms. The highest BCUT2D eigenvalue weighted by Crippen LogP contribution is 2.28. The van der Waals surface area contributed by atoms with Crippen LogP contribution in [0.4, 0.5) is 20.6 Å². The van der Waals surface area contributed by atoms with E-state index in [0.717, 1.165) is 0 Å². The molecule has 1 saturated heterocycles. The number of hydrogen-bond donors (Lipinski definition) is 1. The Labute approximate surface area is 183 Å². The largest absolute Gasteiger partial charge is 0.490 e. The zero-order valence-corrected chi connectivity index (χ0v) is 18.3. The first-order valence-corrected chi connectivity index (χ1v) is 10.4. The lowest BCUT2D eigenvalue weighted by atomic mass is 10.2. The number of benzene rings is 1. The molecule has 7 nitrogen and oxygen atoms in total. The third kappa shape index (κ3) is 6.58. The Morgan fingerprint density at radius 1 is 1.59 bits per heavy atom. The summed E-state index contributed by atoms with van der Waals surface area (Å²) >= 11 is 8.00. The maximum atomic E-state index is 14.5. The fourth-order valence-electron chi connectivity index (χ4n) is 2.75. The molecule has 1 aromatic rings. The molecule has 156 valence electrons. The molecule has 0 aliphatic carbocycles. The highest BCUT2D eigenvalue weighted by Gasteiger charge is 2.32. The summed E-state index contributed by atoms with van der Waals surface area (Å²) in [5.74, 6) is 1.93. The van der Waals surface area contributed by atoms with Gasteiger partial charge < -0.3 is 19.8 Å². The second-order valence-corrected chi connectivity index (χ2v) is 7.07.